The molecule has 12 heteroatoms. The van der Waals surface area contributed by atoms with Crippen LogP contribution >= 0.6 is 0 Å². The van der Waals surface area contributed by atoms with Gasteiger partial charge in [0.15, 0.2) is 0 Å². The topological polar surface area (TPSA) is 133 Å². The molecule has 0 aromatic rings. The van der Waals surface area contributed by atoms with Crippen molar-refractivity contribution < 1.29 is 93.4 Å². The third kappa shape index (κ3) is 45.3. The van der Waals surface area contributed by atoms with Crippen molar-refractivity contribution in [2.75, 3.05) is 13.2 Å². The van der Waals surface area contributed by atoms with E-state index >= 15 is 0 Å². The number of hydrogen-bond acceptors (Lipinski definition) is 8. The molecular formula is C20H42Na2O8S2. The normalized spacial score (nSPS) is 11.1. The average molecular weight is 521 g/mol. The van der Waals surface area contributed by atoms with Gasteiger partial charge in [-0.1, -0.05) is 104 Å². The second kappa shape index (κ2) is 29.0. The zero-order valence-electron chi connectivity index (χ0n) is 20.8. The van der Waals surface area contributed by atoms with E-state index in [1.165, 1.54) is 64.2 Å². The van der Waals surface area contributed by atoms with Crippen molar-refractivity contribution in [1.29, 1.82) is 0 Å². The van der Waals surface area contributed by atoms with Crippen LogP contribution < -0.4 is 59.1 Å². The SMILES string of the molecule is CCCCCCCCCCOS(=O)(=O)[O-].CCCCCCCCCCOS(=O)(=O)[O-].[Na+].[Na+]. The van der Waals surface area contributed by atoms with Crippen molar-refractivity contribution in [3.05, 3.63) is 0 Å². The fourth-order valence-corrected chi connectivity index (χ4v) is 3.44. The van der Waals surface area contributed by atoms with Crippen LogP contribution in [0.4, 0.5) is 0 Å². The molecule has 0 N–H and O–H groups in total. The van der Waals surface area contributed by atoms with E-state index in [0.29, 0.717) is 12.8 Å². The van der Waals surface area contributed by atoms with Gasteiger partial charge in [-0.3, -0.25) is 8.37 Å². The summed E-state index contributed by atoms with van der Waals surface area (Å²) in [6.45, 7) is 4.42. The summed E-state index contributed by atoms with van der Waals surface area (Å²) >= 11 is 0. The van der Waals surface area contributed by atoms with Crippen molar-refractivity contribution in [2.45, 2.75) is 117 Å². The largest absolute Gasteiger partial charge is 1.00 e. The Balaban J connectivity index is -0.000000231. The van der Waals surface area contributed by atoms with E-state index in [1.807, 2.05) is 0 Å². The Kier molecular flexibility index (Phi) is 37.0. The third-order valence-corrected chi connectivity index (χ3v) is 5.36. The van der Waals surface area contributed by atoms with Crippen LogP contribution in [0.5, 0.6) is 0 Å². The molecule has 32 heavy (non-hydrogen) atoms. The molecule has 0 saturated heterocycles. The van der Waals surface area contributed by atoms with E-state index in [0.717, 1.165) is 25.7 Å². The summed E-state index contributed by atoms with van der Waals surface area (Å²) in [4.78, 5) is 0. The Labute approximate surface area is 241 Å². The smallest absolute Gasteiger partial charge is 0.726 e. The van der Waals surface area contributed by atoms with Gasteiger partial charge in [-0.25, -0.2) is 16.8 Å². The minimum absolute atomic E-state index is 0. The summed E-state index contributed by atoms with van der Waals surface area (Å²) in [5.41, 5.74) is 0. The minimum atomic E-state index is -4.48. The Morgan fingerprint density at radius 3 is 0.906 bits per heavy atom. The van der Waals surface area contributed by atoms with Crippen molar-refractivity contribution in [3.63, 3.8) is 0 Å². The van der Waals surface area contributed by atoms with Crippen LogP contribution in [0.1, 0.15) is 117 Å². The van der Waals surface area contributed by atoms with Crippen molar-refractivity contribution in [1.82, 2.24) is 0 Å². The quantitative estimate of drug-likeness (QED) is 0.0883. The van der Waals surface area contributed by atoms with Crippen LogP contribution in [0.3, 0.4) is 0 Å². The summed E-state index contributed by atoms with van der Waals surface area (Å²) in [7, 11) is -8.96. The first-order valence-corrected chi connectivity index (χ1v) is 14.0. The molecule has 0 amide bonds. The first-order chi connectivity index (χ1) is 14.1. The molecular weight excluding hydrogens is 478 g/mol. The van der Waals surface area contributed by atoms with E-state index in [2.05, 4.69) is 22.2 Å². The molecule has 0 aliphatic carbocycles. The number of rotatable bonds is 20. The van der Waals surface area contributed by atoms with E-state index < -0.39 is 20.8 Å². The van der Waals surface area contributed by atoms with Crippen molar-refractivity contribution in [3.8, 4) is 0 Å². The molecule has 0 atom stereocenters. The second-order valence-electron chi connectivity index (χ2n) is 7.41. The van der Waals surface area contributed by atoms with Crippen LogP contribution in [0.15, 0.2) is 0 Å². The molecule has 8 nitrogen and oxygen atoms in total. The fraction of sp³-hybridized carbons (Fsp3) is 1.00. The average Bonchev–Trinajstić information content (AvgIpc) is 2.64. The Morgan fingerprint density at radius 2 is 0.688 bits per heavy atom. The molecule has 0 bridgehead atoms. The molecule has 0 aliphatic heterocycles. The standard InChI is InChI=1S/2C10H22O4S.2Na/c2*1-2-3-4-5-6-7-8-9-10-14-15(11,12)13;;/h2*2-10H2,1H3,(H,11,12,13);;/q;;2*+1/p-2. The molecule has 0 aromatic carbocycles. The number of hydrogen-bond donors (Lipinski definition) is 0. The molecule has 0 unspecified atom stereocenters. The third-order valence-electron chi connectivity index (χ3n) is 4.45. The van der Waals surface area contributed by atoms with Gasteiger partial charge in [-0.2, -0.15) is 0 Å². The zero-order valence-corrected chi connectivity index (χ0v) is 26.4. The zero-order chi connectivity index (χ0) is 23.1. The summed E-state index contributed by atoms with van der Waals surface area (Å²) in [6, 6.07) is 0. The van der Waals surface area contributed by atoms with Gasteiger partial charge in [-0.15, -0.1) is 0 Å². The maximum absolute atomic E-state index is 10.1. The Bertz CT molecular complexity index is 508. The molecule has 0 fully saturated rings. The van der Waals surface area contributed by atoms with Gasteiger partial charge in [0.25, 0.3) is 0 Å². The molecule has 0 radical (unpaired) electrons. The van der Waals surface area contributed by atoms with E-state index in [1.54, 1.807) is 0 Å². The van der Waals surface area contributed by atoms with E-state index in [9.17, 15) is 25.9 Å². The second-order valence-corrected chi connectivity index (χ2v) is 9.51. The molecule has 0 spiro atoms. The maximum atomic E-state index is 10.1. The van der Waals surface area contributed by atoms with Crippen molar-refractivity contribution in [2.24, 2.45) is 0 Å². The predicted molar refractivity (Wildman–Crippen MR) is 117 cm³/mol. The first kappa shape index (κ1) is 40.9. The van der Waals surface area contributed by atoms with Gasteiger partial charge in [-0.05, 0) is 12.8 Å². The van der Waals surface area contributed by atoms with Crippen LogP contribution in [0.25, 0.3) is 0 Å². The van der Waals surface area contributed by atoms with Crippen molar-refractivity contribution >= 4 is 20.8 Å². The summed E-state index contributed by atoms with van der Waals surface area (Å²) < 4.78 is 68.5. The van der Waals surface area contributed by atoms with Crippen LogP contribution in [-0.4, -0.2) is 39.2 Å². The van der Waals surface area contributed by atoms with Gasteiger partial charge in [0.2, 0.25) is 20.8 Å². The van der Waals surface area contributed by atoms with Gasteiger partial charge in [0, 0.05) is 0 Å². The van der Waals surface area contributed by atoms with Gasteiger partial charge in [0.1, 0.15) is 0 Å². The molecule has 0 aromatic heterocycles. The molecule has 0 saturated carbocycles. The van der Waals surface area contributed by atoms with Gasteiger partial charge < -0.3 is 9.11 Å². The summed E-state index contributed by atoms with van der Waals surface area (Å²) in [5.74, 6) is 0. The van der Waals surface area contributed by atoms with E-state index in [-0.39, 0.29) is 72.3 Å². The summed E-state index contributed by atoms with van der Waals surface area (Å²) in [6.07, 6.45) is 17.8. The van der Waals surface area contributed by atoms with Crippen LogP contribution in [-0.2, 0) is 29.2 Å². The molecule has 0 heterocycles. The van der Waals surface area contributed by atoms with Gasteiger partial charge >= 0.3 is 59.1 Å². The number of unbranched alkanes of at least 4 members (excludes halogenated alkanes) is 14. The van der Waals surface area contributed by atoms with Crippen LogP contribution in [0, 0.1) is 0 Å². The van der Waals surface area contributed by atoms with E-state index in [4.69, 9.17) is 0 Å². The maximum Gasteiger partial charge on any atom is 1.00 e. The Hall–Kier alpha value is 1.74. The van der Waals surface area contributed by atoms with Gasteiger partial charge in [0.05, 0.1) is 13.2 Å². The minimum Gasteiger partial charge on any atom is -0.726 e. The summed E-state index contributed by atoms with van der Waals surface area (Å²) in [5, 5.41) is 0. The fourth-order valence-electron chi connectivity index (χ4n) is 2.79. The monoisotopic (exact) mass is 520 g/mol. The first-order valence-electron chi connectivity index (χ1n) is 11.3. The van der Waals surface area contributed by atoms with Crippen LogP contribution in [0.2, 0.25) is 0 Å². The predicted octanol–water partition coefficient (Wildman–Crippen LogP) is -0.784. The Morgan fingerprint density at radius 1 is 0.469 bits per heavy atom. The molecule has 0 aliphatic rings. The molecule has 0 rings (SSSR count). The molecule has 184 valence electrons.